The van der Waals surface area contributed by atoms with Crippen LogP contribution >= 0.6 is 0 Å². The molecule has 0 rings (SSSR count). The summed E-state index contributed by atoms with van der Waals surface area (Å²) in [4.78, 5) is 0. The molecular formula is C9H22N2O2S. The Morgan fingerprint density at radius 1 is 1.29 bits per heavy atom. The van der Waals surface area contributed by atoms with Crippen LogP contribution < -0.4 is 5.73 Å². The zero-order valence-electron chi connectivity index (χ0n) is 9.36. The highest BCUT2D eigenvalue weighted by Crippen LogP contribution is 2.11. The van der Waals surface area contributed by atoms with Crippen LogP contribution in [0.3, 0.4) is 0 Å². The van der Waals surface area contributed by atoms with Gasteiger partial charge < -0.3 is 5.73 Å². The molecular weight excluding hydrogens is 200 g/mol. The van der Waals surface area contributed by atoms with E-state index in [-0.39, 0.29) is 6.54 Å². The minimum absolute atomic E-state index is 0.207. The minimum atomic E-state index is -3.17. The predicted octanol–water partition coefficient (Wildman–Crippen LogP) is 0.785. The maximum Gasteiger partial charge on any atom is 0.218 e. The Balaban J connectivity index is 4.71. The smallest absolute Gasteiger partial charge is 0.218 e. The molecule has 1 atom stereocenters. The maximum absolute atomic E-state index is 12.0. The summed E-state index contributed by atoms with van der Waals surface area (Å²) in [5.41, 5.74) is 5.45. The van der Waals surface area contributed by atoms with Crippen molar-refractivity contribution in [3.05, 3.63) is 0 Å². The molecule has 0 aliphatic carbocycles. The zero-order chi connectivity index (χ0) is 11.2. The Bertz CT molecular complexity index is 235. The lowest BCUT2D eigenvalue weighted by atomic mass is 10.3. The van der Waals surface area contributed by atoms with E-state index in [1.165, 1.54) is 4.31 Å². The van der Waals surface area contributed by atoms with Crippen molar-refractivity contribution < 1.29 is 8.42 Å². The maximum atomic E-state index is 12.0. The van der Waals surface area contributed by atoms with Crippen LogP contribution in [0.5, 0.6) is 0 Å². The molecule has 0 aromatic rings. The molecule has 0 aromatic carbocycles. The summed E-state index contributed by atoms with van der Waals surface area (Å²) < 4.78 is 25.4. The van der Waals surface area contributed by atoms with E-state index in [1.807, 2.05) is 20.8 Å². The van der Waals surface area contributed by atoms with Gasteiger partial charge in [0, 0.05) is 19.6 Å². The number of nitrogens with zero attached hydrogens (tertiary/aromatic N) is 1. The lowest BCUT2D eigenvalue weighted by molar-refractivity contribution is 0.417. The third kappa shape index (κ3) is 3.22. The molecule has 0 spiro atoms. The molecule has 1 unspecified atom stereocenters. The SMILES string of the molecule is CCCN(CC)S(=O)(=O)C(CC)CN. The lowest BCUT2D eigenvalue weighted by Crippen LogP contribution is -2.42. The molecule has 5 heteroatoms. The Morgan fingerprint density at radius 3 is 2.14 bits per heavy atom. The first kappa shape index (κ1) is 13.9. The lowest BCUT2D eigenvalue weighted by Gasteiger charge is -2.24. The first-order valence-electron chi connectivity index (χ1n) is 5.23. The number of hydrogen-bond donors (Lipinski definition) is 1. The monoisotopic (exact) mass is 222 g/mol. The second-order valence-electron chi connectivity index (χ2n) is 3.30. The highest BCUT2D eigenvalue weighted by Gasteiger charge is 2.27. The van der Waals surface area contributed by atoms with Crippen molar-refractivity contribution in [2.45, 2.75) is 38.9 Å². The average Bonchev–Trinajstić information content (AvgIpc) is 2.15. The van der Waals surface area contributed by atoms with Gasteiger partial charge in [0.15, 0.2) is 0 Å². The van der Waals surface area contributed by atoms with E-state index >= 15 is 0 Å². The van der Waals surface area contributed by atoms with Crippen LogP contribution in [0.4, 0.5) is 0 Å². The van der Waals surface area contributed by atoms with E-state index in [4.69, 9.17) is 5.73 Å². The van der Waals surface area contributed by atoms with E-state index in [0.29, 0.717) is 19.5 Å². The molecule has 0 heterocycles. The number of hydrogen-bond acceptors (Lipinski definition) is 3. The van der Waals surface area contributed by atoms with E-state index < -0.39 is 15.3 Å². The molecule has 0 bridgehead atoms. The molecule has 14 heavy (non-hydrogen) atoms. The van der Waals surface area contributed by atoms with Crippen molar-refractivity contribution in [3.63, 3.8) is 0 Å². The standard InChI is InChI=1S/C9H22N2O2S/c1-4-7-11(6-3)14(12,13)9(5-2)8-10/h9H,4-8,10H2,1-3H3. The van der Waals surface area contributed by atoms with E-state index in [0.717, 1.165) is 6.42 Å². The normalized spacial score (nSPS) is 14.6. The summed E-state index contributed by atoms with van der Waals surface area (Å²) >= 11 is 0. The fourth-order valence-corrected chi connectivity index (χ4v) is 3.31. The molecule has 0 saturated heterocycles. The van der Waals surface area contributed by atoms with Crippen molar-refractivity contribution in [2.24, 2.45) is 5.73 Å². The second kappa shape index (κ2) is 6.37. The van der Waals surface area contributed by atoms with Gasteiger partial charge in [-0.15, -0.1) is 0 Å². The Hall–Kier alpha value is -0.130. The third-order valence-corrected chi connectivity index (χ3v) is 4.85. The van der Waals surface area contributed by atoms with Crippen molar-refractivity contribution in [1.82, 2.24) is 4.31 Å². The topological polar surface area (TPSA) is 63.4 Å². The third-order valence-electron chi connectivity index (χ3n) is 2.33. The average molecular weight is 222 g/mol. The van der Waals surface area contributed by atoms with Gasteiger partial charge in [-0.05, 0) is 12.8 Å². The van der Waals surface area contributed by atoms with Gasteiger partial charge in [-0.25, -0.2) is 12.7 Å². The summed E-state index contributed by atoms with van der Waals surface area (Å²) in [5.74, 6) is 0. The largest absolute Gasteiger partial charge is 0.329 e. The Labute approximate surface area is 87.5 Å². The van der Waals surface area contributed by atoms with Crippen LogP contribution in [-0.2, 0) is 10.0 Å². The summed E-state index contributed by atoms with van der Waals surface area (Å²) in [6.07, 6.45) is 1.42. The van der Waals surface area contributed by atoms with E-state index in [2.05, 4.69) is 0 Å². The summed E-state index contributed by atoms with van der Waals surface area (Å²) in [6, 6.07) is 0. The zero-order valence-corrected chi connectivity index (χ0v) is 10.2. The number of sulfonamides is 1. The van der Waals surface area contributed by atoms with Gasteiger partial charge in [-0.3, -0.25) is 0 Å². The molecule has 4 nitrogen and oxygen atoms in total. The molecule has 0 fully saturated rings. The van der Waals surface area contributed by atoms with Crippen LogP contribution in [-0.4, -0.2) is 37.6 Å². The van der Waals surface area contributed by atoms with Crippen molar-refractivity contribution in [3.8, 4) is 0 Å². The number of rotatable bonds is 7. The quantitative estimate of drug-likeness (QED) is 0.692. The molecule has 0 aromatic heterocycles. The van der Waals surface area contributed by atoms with E-state index in [9.17, 15) is 8.42 Å². The summed E-state index contributed by atoms with van der Waals surface area (Å²) in [7, 11) is -3.17. The molecule has 86 valence electrons. The van der Waals surface area contributed by atoms with Crippen LogP contribution in [0.1, 0.15) is 33.6 Å². The Kier molecular flexibility index (Phi) is 6.31. The first-order chi connectivity index (χ1) is 6.54. The van der Waals surface area contributed by atoms with Crippen molar-refractivity contribution >= 4 is 10.0 Å². The second-order valence-corrected chi connectivity index (χ2v) is 5.52. The summed E-state index contributed by atoms with van der Waals surface area (Å²) in [5, 5.41) is -0.422. The van der Waals surface area contributed by atoms with Gasteiger partial charge in [-0.1, -0.05) is 20.8 Å². The van der Waals surface area contributed by atoms with Crippen LogP contribution in [0, 0.1) is 0 Å². The van der Waals surface area contributed by atoms with Gasteiger partial charge in [0.1, 0.15) is 0 Å². The van der Waals surface area contributed by atoms with Crippen LogP contribution in [0.15, 0.2) is 0 Å². The molecule has 0 aliphatic heterocycles. The molecule has 0 saturated carbocycles. The van der Waals surface area contributed by atoms with Gasteiger partial charge >= 0.3 is 0 Å². The van der Waals surface area contributed by atoms with Gasteiger partial charge in [0.25, 0.3) is 0 Å². The first-order valence-corrected chi connectivity index (χ1v) is 6.73. The minimum Gasteiger partial charge on any atom is -0.329 e. The van der Waals surface area contributed by atoms with Gasteiger partial charge in [0.05, 0.1) is 5.25 Å². The highest BCUT2D eigenvalue weighted by molar-refractivity contribution is 7.89. The van der Waals surface area contributed by atoms with Crippen LogP contribution in [0.25, 0.3) is 0 Å². The molecule has 0 aliphatic rings. The van der Waals surface area contributed by atoms with Gasteiger partial charge in [0.2, 0.25) is 10.0 Å². The fourth-order valence-electron chi connectivity index (χ4n) is 1.42. The Morgan fingerprint density at radius 2 is 1.86 bits per heavy atom. The van der Waals surface area contributed by atoms with E-state index in [1.54, 1.807) is 0 Å². The van der Waals surface area contributed by atoms with Gasteiger partial charge in [-0.2, -0.15) is 0 Å². The van der Waals surface area contributed by atoms with Crippen molar-refractivity contribution in [2.75, 3.05) is 19.6 Å². The highest BCUT2D eigenvalue weighted by atomic mass is 32.2. The summed E-state index contributed by atoms with van der Waals surface area (Å²) in [6.45, 7) is 7.02. The van der Waals surface area contributed by atoms with Crippen molar-refractivity contribution in [1.29, 1.82) is 0 Å². The molecule has 2 N–H and O–H groups in total. The molecule has 0 radical (unpaired) electrons. The fraction of sp³-hybridized carbons (Fsp3) is 1.00. The number of nitrogens with two attached hydrogens (primary N) is 1. The van der Waals surface area contributed by atoms with Crippen LogP contribution in [0.2, 0.25) is 0 Å². The predicted molar refractivity (Wildman–Crippen MR) is 59.6 cm³/mol. The molecule has 0 amide bonds.